The number of carbonyl (C=O) groups excluding carboxylic acids is 2. The fourth-order valence-electron chi connectivity index (χ4n) is 1.59. The van der Waals surface area contributed by atoms with E-state index in [-0.39, 0.29) is 18.2 Å². The summed E-state index contributed by atoms with van der Waals surface area (Å²) in [5, 5.41) is 2.00. The van der Waals surface area contributed by atoms with Crippen LogP contribution in [0.4, 0.5) is 5.13 Å². The predicted octanol–water partition coefficient (Wildman–Crippen LogP) is 2.50. The smallest absolute Gasteiger partial charge is 0.357 e. The lowest BCUT2D eigenvalue weighted by atomic mass is 10.2. The van der Waals surface area contributed by atoms with E-state index in [9.17, 15) is 9.59 Å². The van der Waals surface area contributed by atoms with Crippen LogP contribution in [0, 0.1) is 6.92 Å². The molecule has 0 bridgehead atoms. The number of furan rings is 1. The predicted molar refractivity (Wildman–Crippen MR) is 74.2 cm³/mol. The number of ether oxygens (including phenoxy) is 1. The number of hydrogen-bond acceptors (Lipinski definition) is 6. The maximum atomic E-state index is 12.2. The van der Waals surface area contributed by atoms with Gasteiger partial charge in [-0.05, 0) is 19.9 Å². The molecule has 7 heteroatoms. The molecule has 0 N–H and O–H groups in total. The third kappa shape index (κ3) is 2.72. The van der Waals surface area contributed by atoms with Crippen LogP contribution in [-0.4, -0.2) is 30.5 Å². The van der Waals surface area contributed by atoms with E-state index in [2.05, 4.69) is 4.98 Å². The first-order valence-corrected chi connectivity index (χ1v) is 6.87. The van der Waals surface area contributed by atoms with E-state index in [1.807, 2.05) is 0 Å². The first kappa shape index (κ1) is 14.3. The van der Waals surface area contributed by atoms with Gasteiger partial charge in [0.1, 0.15) is 5.76 Å². The quantitative estimate of drug-likeness (QED) is 0.810. The van der Waals surface area contributed by atoms with Crippen molar-refractivity contribution in [3.63, 3.8) is 0 Å². The molecule has 0 aliphatic rings. The van der Waals surface area contributed by atoms with Gasteiger partial charge in [0.25, 0.3) is 5.91 Å². The summed E-state index contributed by atoms with van der Waals surface area (Å²) in [6.07, 6.45) is 1.46. The van der Waals surface area contributed by atoms with Crippen LogP contribution in [0.15, 0.2) is 22.1 Å². The second-order valence-corrected chi connectivity index (χ2v) is 4.83. The Labute approximate surface area is 120 Å². The van der Waals surface area contributed by atoms with Crippen molar-refractivity contribution in [2.75, 3.05) is 18.6 Å². The van der Waals surface area contributed by atoms with Crippen molar-refractivity contribution in [1.82, 2.24) is 4.98 Å². The molecular formula is C13H14N2O4S. The van der Waals surface area contributed by atoms with Gasteiger partial charge in [-0.15, -0.1) is 11.3 Å². The van der Waals surface area contributed by atoms with Gasteiger partial charge in [0.05, 0.1) is 18.4 Å². The van der Waals surface area contributed by atoms with Crippen LogP contribution in [-0.2, 0) is 4.74 Å². The van der Waals surface area contributed by atoms with E-state index in [1.165, 1.54) is 22.5 Å². The normalized spacial score (nSPS) is 10.3. The number of aryl methyl sites for hydroxylation is 1. The van der Waals surface area contributed by atoms with E-state index < -0.39 is 5.97 Å². The first-order chi connectivity index (χ1) is 9.54. The molecule has 0 aromatic carbocycles. The lowest BCUT2D eigenvalue weighted by Gasteiger charge is -2.12. The van der Waals surface area contributed by atoms with Gasteiger partial charge in [-0.2, -0.15) is 0 Å². The monoisotopic (exact) mass is 294 g/mol. The van der Waals surface area contributed by atoms with Crippen molar-refractivity contribution < 1.29 is 18.7 Å². The van der Waals surface area contributed by atoms with E-state index in [4.69, 9.17) is 9.15 Å². The van der Waals surface area contributed by atoms with Gasteiger partial charge in [-0.1, -0.05) is 0 Å². The number of aromatic nitrogens is 1. The van der Waals surface area contributed by atoms with Gasteiger partial charge < -0.3 is 9.15 Å². The maximum absolute atomic E-state index is 12.2. The van der Waals surface area contributed by atoms with E-state index in [0.717, 1.165) is 0 Å². The Balaban J connectivity index is 2.18. The largest absolute Gasteiger partial charge is 0.469 e. The maximum Gasteiger partial charge on any atom is 0.357 e. The van der Waals surface area contributed by atoms with Gasteiger partial charge >= 0.3 is 5.97 Å². The summed E-state index contributed by atoms with van der Waals surface area (Å²) in [5.41, 5.74) is 0.677. The Morgan fingerprint density at radius 1 is 1.50 bits per heavy atom. The van der Waals surface area contributed by atoms with E-state index >= 15 is 0 Å². The second kappa shape index (κ2) is 5.87. The van der Waals surface area contributed by atoms with Gasteiger partial charge in [0, 0.05) is 12.4 Å². The number of nitrogens with zero attached hydrogens (tertiary/aromatic N) is 2. The molecular weight excluding hydrogens is 280 g/mol. The van der Waals surface area contributed by atoms with Crippen LogP contribution < -0.4 is 4.90 Å². The number of amides is 1. The summed E-state index contributed by atoms with van der Waals surface area (Å²) in [7, 11) is 1.60. The third-order valence-electron chi connectivity index (χ3n) is 2.66. The Hall–Kier alpha value is -2.15. The summed E-state index contributed by atoms with van der Waals surface area (Å²) < 4.78 is 9.97. The molecule has 20 heavy (non-hydrogen) atoms. The molecule has 0 spiro atoms. The van der Waals surface area contributed by atoms with Gasteiger partial charge in [0.2, 0.25) is 0 Å². The first-order valence-electron chi connectivity index (χ1n) is 5.99. The highest BCUT2D eigenvalue weighted by Gasteiger charge is 2.21. The molecule has 2 aromatic rings. The third-order valence-corrected chi connectivity index (χ3v) is 3.57. The molecule has 1 amide bonds. The number of rotatable bonds is 4. The standard InChI is InChI=1S/C13H14N2O4S/c1-4-18-12(17)10-7-20-13(14-10)15(3)11(16)9-5-6-19-8(9)2/h5-7H,4H2,1-3H3. The van der Waals surface area contributed by atoms with Gasteiger partial charge in [0.15, 0.2) is 10.8 Å². The zero-order chi connectivity index (χ0) is 14.7. The van der Waals surface area contributed by atoms with Crippen LogP contribution in [0.2, 0.25) is 0 Å². The van der Waals surface area contributed by atoms with Crippen molar-refractivity contribution in [2.24, 2.45) is 0 Å². The number of carbonyl (C=O) groups is 2. The van der Waals surface area contributed by atoms with E-state index in [1.54, 1.807) is 32.3 Å². The zero-order valence-electron chi connectivity index (χ0n) is 11.4. The fourth-order valence-corrected chi connectivity index (χ4v) is 2.35. The van der Waals surface area contributed by atoms with Crippen molar-refractivity contribution in [3.05, 3.63) is 34.7 Å². The SMILES string of the molecule is CCOC(=O)c1csc(N(C)C(=O)c2ccoc2C)n1. The van der Waals surface area contributed by atoms with Crippen LogP contribution in [0.5, 0.6) is 0 Å². The summed E-state index contributed by atoms with van der Waals surface area (Å²) in [6, 6.07) is 1.61. The molecule has 0 saturated carbocycles. The molecule has 0 aliphatic carbocycles. The summed E-state index contributed by atoms with van der Waals surface area (Å²) >= 11 is 1.21. The summed E-state index contributed by atoms with van der Waals surface area (Å²) in [4.78, 5) is 29.3. The molecule has 0 aliphatic heterocycles. The summed E-state index contributed by atoms with van der Waals surface area (Å²) in [6.45, 7) is 3.73. The minimum absolute atomic E-state index is 0.204. The van der Waals surface area contributed by atoms with Crippen LogP contribution >= 0.6 is 11.3 Å². The number of hydrogen-bond donors (Lipinski definition) is 0. The topological polar surface area (TPSA) is 72.6 Å². The molecule has 0 radical (unpaired) electrons. The van der Waals surface area contributed by atoms with Crippen molar-refractivity contribution in [1.29, 1.82) is 0 Å². The Bertz CT molecular complexity index is 632. The van der Waals surface area contributed by atoms with Crippen LogP contribution in [0.3, 0.4) is 0 Å². The Morgan fingerprint density at radius 3 is 2.85 bits per heavy atom. The highest BCUT2D eigenvalue weighted by atomic mass is 32.1. The highest BCUT2D eigenvalue weighted by Crippen LogP contribution is 2.22. The van der Waals surface area contributed by atoms with Crippen molar-refractivity contribution >= 4 is 28.3 Å². The van der Waals surface area contributed by atoms with Crippen molar-refractivity contribution in [2.45, 2.75) is 13.8 Å². The Morgan fingerprint density at radius 2 is 2.25 bits per heavy atom. The minimum Gasteiger partial charge on any atom is -0.469 e. The Kier molecular flexibility index (Phi) is 4.19. The molecule has 0 unspecified atom stereocenters. The zero-order valence-corrected chi connectivity index (χ0v) is 12.2. The lowest BCUT2D eigenvalue weighted by Crippen LogP contribution is -2.26. The average Bonchev–Trinajstić information content (AvgIpc) is 3.06. The highest BCUT2D eigenvalue weighted by molar-refractivity contribution is 7.14. The second-order valence-electron chi connectivity index (χ2n) is 3.99. The molecule has 0 fully saturated rings. The summed E-state index contributed by atoms with van der Waals surface area (Å²) in [5.74, 6) is -0.180. The number of esters is 1. The lowest BCUT2D eigenvalue weighted by molar-refractivity contribution is 0.0520. The molecule has 2 rings (SSSR count). The molecule has 106 valence electrons. The minimum atomic E-state index is -0.490. The van der Waals surface area contributed by atoms with Crippen molar-refractivity contribution in [3.8, 4) is 0 Å². The molecule has 6 nitrogen and oxygen atoms in total. The molecule has 2 heterocycles. The van der Waals surface area contributed by atoms with Gasteiger partial charge in [-0.3, -0.25) is 9.69 Å². The number of thiazole rings is 1. The molecule has 0 saturated heterocycles. The van der Waals surface area contributed by atoms with E-state index in [0.29, 0.717) is 16.5 Å². The molecule has 2 aromatic heterocycles. The molecule has 0 atom stereocenters. The van der Waals surface area contributed by atoms with Crippen LogP contribution in [0.1, 0.15) is 33.5 Å². The average molecular weight is 294 g/mol. The van der Waals surface area contributed by atoms with Gasteiger partial charge in [-0.25, -0.2) is 9.78 Å². The fraction of sp³-hybridized carbons (Fsp3) is 0.308. The van der Waals surface area contributed by atoms with Crippen LogP contribution in [0.25, 0.3) is 0 Å². The number of anilines is 1.